The molecule has 9 atom stereocenters. The summed E-state index contributed by atoms with van der Waals surface area (Å²) in [6, 6.07) is 9.58. The third-order valence-electron chi connectivity index (χ3n) is 9.09. The molecule has 0 radical (unpaired) electrons. The van der Waals surface area contributed by atoms with Gasteiger partial charge in [-0.2, -0.15) is 0 Å². The molecule has 2 saturated carbocycles. The van der Waals surface area contributed by atoms with Gasteiger partial charge in [0.1, 0.15) is 18.3 Å². The van der Waals surface area contributed by atoms with Gasteiger partial charge in [-0.3, -0.25) is 9.59 Å². The first-order valence-corrected chi connectivity index (χ1v) is 12.8. The van der Waals surface area contributed by atoms with E-state index in [0.29, 0.717) is 12.8 Å². The minimum Gasteiger partial charge on any atom is -0.460 e. The zero-order valence-corrected chi connectivity index (χ0v) is 21.8. The van der Waals surface area contributed by atoms with Gasteiger partial charge in [0, 0.05) is 13.8 Å². The Morgan fingerprint density at radius 2 is 1.61 bits per heavy atom. The van der Waals surface area contributed by atoms with Crippen molar-refractivity contribution in [1.29, 1.82) is 0 Å². The van der Waals surface area contributed by atoms with Crippen molar-refractivity contribution in [2.24, 2.45) is 17.3 Å². The Morgan fingerprint density at radius 3 is 2.25 bits per heavy atom. The lowest BCUT2D eigenvalue weighted by molar-refractivity contribution is -0.285. The van der Waals surface area contributed by atoms with Crippen LogP contribution in [-0.4, -0.2) is 53.5 Å². The van der Waals surface area contributed by atoms with Crippen LogP contribution in [-0.2, 0) is 38.1 Å². The highest BCUT2D eigenvalue weighted by atomic mass is 16.6. The molecule has 2 bridgehead atoms. The van der Waals surface area contributed by atoms with E-state index in [9.17, 15) is 14.4 Å². The lowest BCUT2D eigenvalue weighted by Crippen LogP contribution is -2.71. The summed E-state index contributed by atoms with van der Waals surface area (Å²) < 4.78 is 30.4. The second-order valence-corrected chi connectivity index (χ2v) is 11.6. The average molecular weight is 501 g/mol. The van der Waals surface area contributed by atoms with Gasteiger partial charge in [-0.15, -0.1) is 0 Å². The first-order valence-electron chi connectivity index (χ1n) is 12.8. The maximum absolute atomic E-state index is 13.4. The minimum absolute atomic E-state index is 0.0290. The second-order valence-electron chi connectivity index (χ2n) is 11.6. The van der Waals surface area contributed by atoms with E-state index in [1.54, 1.807) is 0 Å². The topological polar surface area (TPSA) is 101 Å². The van der Waals surface area contributed by atoms with Crippen LogP contribution in [0.4, 0.5) is 0 Å². The predicted octanol–water partition coefficient (Wildman–Crippen LogP) is 3.91. The first-order chi connectivity index (χ1) is 16.9. The van der Waals surface area contributed by atoms with E-state index in [4.69, 9.17) is 23.7 Å². The Hall–Kier alpha value is -2.45. The Kier molecular flexibility index (Phi) is 5.99. The molecule has 1 spiro atoms. The van der Waals surface area contributed by atoms with Crippen molar-refractivity contribution in [2.75, 3.05) is 0 Å². The Bertz CT molecular complexity index is 1050. The van der Waals surface area contributed by atoms with Crippen LogP contribution in [0.3, 0.4) is 0 Å². The molecule has 5 rings (SSSR count). The monoisotopic (exact) mass is 500 g/mol. The molecule has 0 amide bonds. The van der Waals surface area contributed by atoms with Gasteiger partial charge in [-0.05, 0) is 57.4 Å². The van der Waals surface area contributed by atoms with E-state index in [1.807, 2.05) is 37.3 Å². The third-order valence-corrected chi connectivity index (χ3v) is 9.09. The van der Waals surface area contributed by atoms with E-state index in [2.05, 4.69) is 20.8 Å². The molecule has 2 saturated heterocycles. The van der Waals surface area contributed by atoms with Crippen LogP contribution in [0.2, 0.25) is 0 Å². The number of carbonyl (C=O) groups is 3. The molecule has 2 aliphatic heterocycles. The maximum Gasteiger partial charge on any atom is 0.338 e. The van der Waals surface area contributed by atoms with Crippen LogP contribution in [0.5, 0.6) is 0 Å². The van der Waals surface area contributed by atoms with Crippen molar-refractivity contribution in [3.05, 3.63) is 35.9 Å². The SMILES string of the molecule is CC(=O)OC1CC(C)C23CC(CC(OC(=O)C4OC4c4ccccc4)C2(C)C1OC(C)=O)C(C)(C)O3. The molecule has 8 heteroatoms. The van der Waals surface area contributed by atoms with Gasteiger partial charge in [-0.1, -0.05) is 37.3 Å². The summed E-state index contributed by atoms with van der Waals surface area (Å²) in [6.45, 7) is 10.9. The number of esters is 3. The van der Waals surface area contributed by atoms with Crippen molar-refractivity contribution in [2.45, 2.75) is 103 Å². The van der Waals surface area contributed by atoms with E-state index < -0.39 is 58.9 Å². The maximum atomic E-state index is 13.4. The van der Waals surface area contributed by atoms with Gasteiger partial charge in [0.25, 0.3) is 0 Å². The van der Waals surface area contributed by atoms with E-state index in [1.165, 1.54) is 13.8 Å². The number of carbonyl (C=O) groups excluding carboxylic acids is 3. The molecule has 0 N–H and O–H groups in total. The van der Waals surface area contributed by atoms with Crippen molar-refractivity contribution in [3.8, 4) is 0 Å². The minimum atomic E-state index is -0.937. The summed E-state index contributed by atoms with van der Waals surface area (Å²) in [5.74, 6) is -1.25. The highest BCUT2D eigenvalue weighted by Gasteiger charge is 2.75. The van der Waals surface area contributed by atoms with Crippen molar-refractivity contribution in [1.82, 2.24) is 0 Å². The van der Waals surface area contributed by atoms with Crippen molar-refractivity contribution < 1.29 is 38.1 Å². The molecule has 4 aliphatic rings. The Morgan fingerprint density at radius 1 is 0.944 bits per heavy atom. The van der Waals surface area contributed by atoms with Gasteiger partial charge in [0.05, 0.1) is 16.6 Å². The number of fused-ring (bicyclic) bond motifs is 1. The largest absolute Gasteiger partial charge is 0.460 e. The molecule has 196 valence electrons. The van der Waals surface area contributed by atoms with Crippen LogP contribution >= 0.6 is 0 Å². The fourth-order valence-corrected chi connectivity index (χ4v) is 7.25. The fraction of sp³-hybridized carbons (Fsp3) is 0.679. The molecule has 2 aliphatic carbocycles. The molecule has 0 aromatic heterocycles. The van der Waals surface area contributed by atoms with Gasteiger partial charge >= 0.3 is 17.9 Å². The second kappa shape index (κ2) is 8.55. The zero-order chi connectivity index (χ0) is 26.0. The van der Waals surface area contributed by atoms with Gasteiger partial charge in [-0.25, -0.2) is 4.79 Å². The quantitative estimate of drug-likeness (QED) is 0.341. The summed E-state index contributed by atoms with van der Waals surface area (Å²) in [5.41, 5.74) is -1.18. The fourth-order valence-electron chi connectivity index (χ4n) is 7.25. The van der Waals surface area contributed by atoms with E-state index >= 15 is 0 Å². The highest BCUT2D eigenvalue weighted by molar-refractivity contribution is 5.78. The number of hydrogen-bond acceptors (Lipinski definition) is 8. The lowest BCUT2D eigenvalue weighted by Gasteiger charge is -2.61. The first kappa shape index (κ1) is 25.2. The summed E-state index contributed by atoms with van der Waals surface area (Å²) in [5, 5.41) is 0. The van der Waals surface area contributed by atoms with Crippen LogP contribution in [0.25, 0.3) is 0 Å². The van der Waals surface area contributed by atoms with Crippen molar-refractivity contribution in [3.63, 3.8) is 0 Å². The predicted molar refractivity (Wildman–Crippen MR) is 128 cm³/mol. The molecule has 8 nitrogen and oxygen atoms in total. The molecule has 1 aromatic rings. The number of benzene rings is 1. The molecule has 1 aromatic carbocycles. The van der Waals surface area contributed by atoms with E-state index in [0.717, 1.165) is 12.0 Å². The summed E-state index contributed by atoms with van der Waals surface area (Å²) in [4.78, 5) is 37.6. The standard InChI is InChI=1S/C28H36O8/c1-15-12-20(32-16(2)29)24(33-17(3)30)27(6)21(13-19-14-28(15,27)36-26(19,4)5)34-25(31)23-22(35-23)18-10-8-7-9-11-18/h7-11,15,19-24H,12-14H2,1-6H3. The van der Waals surface area contributed by atoms with Crippen LogP contribution in [0.1, 0.15) is 72.5 Å². The van der Waals surface area contributed by atoms with Gasteiger partial charge < -0.3 is 23.7 Å². The van der Waals surface area contributed by atoms with Gasteiger partial charge in [0.15, 0.2) is 12.2 Å². The number of ether oxygens (including phenoxy) is 5. The van der Waals surface area contributed by atoms with Crippen LogP contribution in [0, 0.1) is 17.3 Å². The van der Waals surface area contributed by atoms with E-state index in [-0.39, 0.29) is 17.9 Å². The molecular weight excluding hydrogens is 464 g/mol. The molecule has 2 heterocycles. The summed E-state index contributed by atoms with van der Waals surface area (Å²) in [6.07, 6.45) is -1.34. The number of epoxide rings is 1. The molecule has 36 heavy (non-hydrogen) atoms. The van der Waals surface area contributed by atoms with Gasteiger partial charge in [0.2, 0.25) is 0 Å². The zero-order valence-electron chi connectivity index (χ0n) is 21.8. The molecule has 9 unspecified atom stereocenters. The summed E-state index contributed by atoms with van der Waals surface area (Å²) in [7, 11) is 0. The third kappa shape index (κ3) is 3.84. The normalized spacial score (nSPS) is 42.1. The Labute approximate surface area is 211 Å². The Balaban J connectivity index is 1.50. The molecular formula is C28H36O8. The lowest BCUT2D eigenvalue weighted by atomic mass is 9.49. The summed E-state index contributed by atoms with van der Waals surface area (Å²) >= 11 is 0. The van der Waals surface area contributed by atoms with Crippen LogP contribution in [0.15, 0.2) is 30.3 Å². The smallest absolute Gasteiger partial charge is 0.338 e. The van der Waals surface area contributed by atoms with Crippen LogP contribution < -0.4 is 0 Å². The average Bonchev–Trinajstić information content (AvgIpc) is 3.55. The molecule has 4 fully saturated rings. The number of rotatable bonds is 5. The number of hydrogen-bond donors (Lipinski definition) is 0. The highest BCUT2D eigenvalue weighted by Crippen LogP contribution is 2.67. The van der Waals surface area contributed by atoms with Crippen molar-refractivity contribution >= 4 is 17.9 Å².